The number of aliphatic imine (C=N–C) groups is 1. The first kappa shape index (κ1) is 17.2. The highest BCUT2D eigenvalue weighted by atomic mass is 16.5. The van der Waals surface area contributed by atoms with Gasteiger partial charge >= 0.3 is 6.09 Å². The Balaban J connectivity index is 1.70. The Morgan fingerprint density at radius 2 is 1.82 bits per heavy atom. The minimum atomic E-state index is -0.475. The molecule has 0 atom stereocenters. The van der Waals surface area contributed by atoms with Crippen molar-refractivity contribution >= 4 is 11.9 Å². The van der Waals surface area contributed by atoms with Crippen LogP contribution in [-0.2, 0) is 9.47 Å². The van der Waals surface area contributed by atoms with Gasteiger partial charge in [-0.3, -0.25) is 4.90 Å². The van der Waals surface area contributed by atoms with Gasteiger partial charge in [0.2, 0.25) is 0 Å². The van der Waals surface area contributed by atoms with Crippen molar-refractivity contribution in [3.63, 3.8) is 0 Å². The molecule has 2 rings (SSSR count). The number of carbonyl (C=O) groups is 1. The van der Waals surface area contributed by atoms with Crippen molar-refractivity contribution in [2.24, 2.45) is 4.99 Å². The van der Waals surface area contributed by atoms with Gasteiger partial charge in [0.05, 0.1) is 13.2 Å². The van der Waals surface area contributed by atoms with E-state index in [1.807, 2.05) is 6.92 Å². The summed E-state index contributed by atoms with van der Waals surface area (Å²) in [7, 11) is 2.13. The molecule has 0 aliphatic carbocycles. The zero-order valence-electron chi connectivity index (χ0n) is 13.8. The summed E-state index contributed by atoms with van der Waals surface area (Å²) in [5, 5.41) is 0. The van der Waals surface area contributed by atoms with E-state index in [0.29, 0.717) is 19.8 Å². The van der Waals surface area contributed by atoms with Crippen LogP contribution >= 0.6 is 0 Å². The summed E-state index contributed by atoms with van der Waals surface area (Å²) in [5.74, 6) is 0.799. The zero-order chi connectivity index (χ0) is 15.8. The fourth-order valence-corrected chi connectivity index (χ4v) is 2.67. The smallest absolute Gasteiger partial charge is 0.435 e. The highest BCUT2D eigenvalue weighted by Gasteiger charge is 2.16. The van der Waals surface area contributed by atoms with Gasteiger partial charge < -0.3 is 19.3 Å². The van der Waals surface area contributed by atoms with E-state index in [4.69, 9.17) is 9.47 Å². The average Bonchev–Trinajstić information content (AvgIpc) is 2.55. The molecule has 1 amide bonds. The van der Waals surface area contributed by atoms with Crippen LogP contribution in [0, 0.1) is 0 Å². The molecule has 0 bridgehead atoms. The van der Waals surface area contributed by atoms with E-state index in [2.05, 4.69) is 26.7 Å². The number of ether oxygens (including phenoxy) is 2. The van der Waals surface area contributed by atoms with E-state index in [-0.39, 0.29) is 0 Å². The summed E-state index contributed by atoms with van der Waals surface area (Å²) in [6.45, 7) is 10.4. The Morgan fingerprint density at radius 3 is 2.45 bits per heavy atom. The van der Waals surface area contributed by atoms with Crippen LogP contribution in [0.25, 0.3) is 0 Å². The Kier molecular flexibility index (Phi) is 7.08. The predicted octanol–water partition coefficient (Wildman–Crippen LogP) is 0.511. The lowest BCUT2D eigenvalue weighted by molar-refractivity contribution is 0.0669. The molecule has 126 valence electrons. The Labute approximate surface area is 132 Å². The van der Waals surface area contributed by atoms with Gasteiger partial charge in [-0.15, -0.1) is 0 Å². The van der Waals surface area contributed by atoms with Gasteiger partial charge in [0.25, 0.3) is 0 Å². The van der Waals surface area contributed by atoms with E-state index in [9.17, 15) is 4.79 Å². The van der Waals surface area contributed by atoms with Crippen molar-refractivity contribution in [2.75, 3.05) is 72.7 Å². The summed E-state index contributed by atoms with van der Waals surface area (Å²) in [6.07, 6.45) is 0.255. The maximum Gasteiger partial charge on any atom is 0.435 e. The minimum Gasteiger partial charge on any atom is -0.447 e. The van der Waals surface area contributed by atoms with Gasteiger partial charge in [0.1, 0.15) is 12.4 Å². The number of morpholine rings is 1. The maximum absolute atomic E-state index is 11.9. The van der Waals surface area contributed by atoms with Crippen molar-refractivity contribution in [1.29, 1.82) is 0 Å². The second-order valence-corrected chi connectivity index (χ2v) is 5.74. The molecule has 0 saturated carbocycles. The van der Waals surface area contributed by atoms with Crippen LogP contribution in [-0.4, -0.2) is 99.3 Å². The lowest BCUT2D eigenvalue weighted by Crippen LogP contribution is -2.45. The van der Waals surface area contributed by atoms with Gasteiger partial charge in [-0.25, -0.2) is 4.79 Å². The number of nitrogens with zero attached hydrogens (tertiary/aromatic N) is 4. The predicted molar refractivity (Wildman–Crippen MR) is 85.4 cm³/mol. The second-order valence-electron chi connectivity index (χ2n) is 5.74. The van der Waals surface area contributed by atoms with Crippen LogP contribution in [0.4, 0.5) is 4.79 Å². The number of carbonyl (C=O) groups excluding carboxylic acids is 1. The summed E-state index contributed by atoms with van der Waals surface area (Å²) in [6, 6.07) is 0. The summed E-state index contributed by atoms with van der Waals surface area (Å²) in [4.78, 5) is 22.7. The number of likely N-dealkylation sites (N-methyl/N-ethyl adjacent to an activating group) is 1. The first-order valence-corrected chi connectivity index (χ1v) is 8.17. The third-order valence-electron chi connectivity index (χ3n) is 4.14. The molecule has 0 aromatic rings. The normalized spacial score (nSPS) is 21.9. The first-order valence-electron chi connectivity index (χ1n) is 8.17. The average molecular weight is 312 g/mol. The van der Waals surface area contributed by atoms with Gasteiger partial charge in [-0.05, 0) is 7.05 Å². The second kappa shape index (κ2) is 9.07. The highest BCUT2D eigenvalue weighted by molar-refractivity contribution is 5.91. The van der Waals surface area contributed by atoms with Gasteiger partial charge in [-0.1, -0.05) is 6.92 Å². The molecule has 22 heavy (non-hydrogen) atoms. The Hall–Kier alpha value is -1.18. The number of rotatable bonds is 4. The van der Waals surface area contributed by atoms with Crippen molar-refractivity contribution in [3.8, 4) is 0 Å². The molecule has 0 spiro atoms. The van der Waals surface area contributed by atoms with Gasteiger partial charge in [-0.2, -0.15) is 4.99 Å². The van der Waals surface area contributed by atoms with E-state index < -0.39 is 6.09 Å². The number of amidine groups is 1. The summed E-state index contributed by atoms with van der Waals surface area (Å²) < 4.78 is 10.6. The van der Waals surface area contributed by atoms with Crippen molar-refractivity contribution in [1.82, 2.24) is 14.7 Å². The minimum absolute atomic E-state index is 0.409. The molecular formula is C15H28N4O3. The molecule has 2 fully saturated rings. The molecule has 0 unspecified atom stereocenters. The molecule has 2 aliphatic rings. The van der Waals surface area contributed by atoms with E-state index in [0.717, 1.165) is 58.1 Å². The lowest BCUT2D eigenvalue weighted by Gasteiger charge is -2.32. The molecular weight excluding hydrogens is 284 g/mol. The Morgan fingerprint density at radius 1 is 1.14 bits per heavy atom. The van der Waals surface area contributed by atoms with Crippen molar-refractivity contribution < 1.29 is 14.3 Å². The molecule has 7 heteroatoms. The van der Waals surface area contributed by atoms with Crippen LogP contribution in [0.5, 0.6) is 0 Å². The zero-order valence-corrected chi connectivity index (χ0v) is 13.8. The van der Waals surface area contributed by atoms with Crippen molar-refractivity contribution in [3.05, 3.63) is 0 Å². The molecule has 0 aromatic carbocycles. The largest absolute Gasteiger partial charge is 0.447 e. The van der Waals surface area contributed by atoms with Gasteiger partial charge in [0.15, 0.2) is 0 Å². The summed E-state index contributed by atoms with van der Waals surface area (Å²) in [5.41, 5.74) is 0. The standard InChI is InChI=1S/C15H28N4O3/c1-3-14(19-9-11-21-12-10-19)16-15(20)22-13-8-18-6-4-17(2)5-7-18/h3-13H2,1-2H3/b16-14-. The SMILES string of the molecule is CC/C(=N/C(=O)OCCN1CCN(C)CC1)N1CCOCC1. The topological polar surface area (TPSA) is 57.6 Å². The highest BCUT2D eigenvalue weighted by Crippen LogP contribution is 2.03. The molecule has 2 heterocycles. The third-order valence-corrected chi connectivity index (χ3v) is 4.14. The molecule has 2 saturated heterocycles. The molecule has 2 aliphatic heterocycles. The Bertz CT molecular complexity index is 375. The fourth-order valence-electron chi connectivity index (χ4n) is 2.67. The molecule has 0 N–H and O–H groups in total. The number of amides is 1. The van der Waals surface area contributed by atoms with Crippen molar-refractivity contribution in [2.45, 2.75) is 13.3 Å². The molecule has 0 aromatic heterocycles. The van der Waals surface area contributed by atoms with Crippen LogP contribution in [0.2, 0.25) is 0 Å². The third kappa shape index (κ3) is 5.55. The number of hydrogen-bond acceptors (Lipinski definition) is 5. The molecule has 0 radical (unpaired) electrons. The quantitative estimate of drug-likeness (QED) is 0.557. The monoisotopic (exact) mass is 312 g/mol. The first-order chi connectivity index (χ1) is 10.7. The summed E-state index contributed by atoms with van der Waals surface area (Å²) >= 11 is 0. The fraction of sp³-hybridized carbons (Fsp3) is 0.867. The molecule has 7 nitrogen and oxygen atoms in total. The van der Waals surface area contributed by atoms with E-state index >= 15 is 0 Å². The van der Waals surface area contributed by atoms with Gasteiger partial charge in [0, 0.05) is 52.2 Å². The number of hydrogen-bond donors (Lipinski definition) is 0. The van der Waals surface area contributed by atoms with E-state index in [1.54, 1.807) is 0 Å². The van der Waals surface area contributed by atoms with Crippen LogP contribution in [0.3, 0.4) is 0 Å². The van der Waals surface area contributed by atoms with E-state index in [1.165, 1.54) is 0 Å². The van der Waals surface area contributed by atoms with Crippen LogP contribution in [0.1, 0.15) is 13.3 Å². The lowest BCUT2D eigenvalue weighted by atomic mass is 10.3. The van der Waals surface area contributed by atoms with Crippen LogP contribution < -0.4 is 0 Å². The van der Waals surface area contributed by atoms with Crippen LogP contribution in [0.15, 0.2) is 4.99 Å². The number of piperazine rings is 1. The maximum atomic E-state index is 11.9.